The fourth-order valence-electron chi connectivity index (χ4n) is 3.30. The average molecular weight is 338 g/mol. The van der Waals surface area contributed by atoms with Crippen LogP contribution in [-0.2, 0) is 0 Å². The molecule has 0 aromatic heterocycles. The Balaban J connectivity index is 0.00000196. The summed E-state index contributed by atoms with van der Waals surface area (Å²) in [6.45, 7) is 0. The van der Waals surface area contributed by atoms with Gasteiger partial charge in [0, 0.05) is 11.3 Å². The molecule has 4 rings (SSSR count). The topological polar surface area (TPSA) is 61.0 Å². The van der Waals surface area contributed by atoms with E-state index < -0.39 is 0 Å². The molecule has 0 atom stereocenters. The molecule has 4 aromatic rings. The van der Waals surface area contributed by atoms with Crippen molar-refractivity contribution in [2.75, 3.05) is 5.73 Å². The van der Waals surface area contributed by atoms with Gasteiger partial charge in [-0.1, -0.05) is 97.1 Å². The molecule has 0 heterocycles. The normalized spacial score (nSPS) is 10.2. The van der Waals surface area contributed by atoms with Crippen molar-refractivity contribution >= 4 is 5.69 Å². The minimum Gasteiger partial charge on any atom is -0.398 e. The van der Waals surface area contributed by atoms with Gasteiger partial charge >= 0.3 is 0 Å². The van der Waals surface area contributed by atoms with Crippen molar-refractivity contribution < 1.29 is 0 Å². The summed E-state index contributed by atoms with van der Waals surface area (Å²) in [6, 6.07) is 35.5. The molecule has 0 spiro atoms. The number of hydrogen-bond donors (Lipinski definition) is 2. The molecule has 0 radical (unpaired) electrons. The van der Waals surface area contributed by atoms with Crippen LogP contribution in [0.5, 0.6) is 0 Å². The van der Waals surface area contributed by atoms with Gasteiger partial charge in [0.25, 0.3) is 0 Å². The van der Waals surface area contributed by atoms with Crippen molar-refractivity contribution in [3.8, 4) is 33.4 Å². The molecule has 0 saturated heterocycles. The molecule has 0 unspecified atom stereocenters. The summed E-state index contributed by atoms with van der Waals surface area (Å²) < 4.78 is 0. The molecular weight excluding hydrogens is 316 g/mol. The minimum atomic E-state index is 0. The molecule has 0 fully saturated rings. The number of benzene rings is 4. The lowest BCUT2D eigenvalue weighted by Gasteiger charge is -2.18. The second-order valence-electron chi connectivity index (χ2n) is 6.05. The molecule has 0 aliphatic rings. The van der Waals surface area contributed by atoms with E-state index in [9.17, 15) is 0 Å². The summed E-state index contributed by atoms with van der Waals surface area (Å²) in [4.78, 5) is 0. The molecule has 0 aliphatic heterocycles. The summed E-state index contributed by atoms with van der Waals surface area (Å²) in [6.07, 6.45) is 0. The lowest BCUT2D eigenvalue weighted by atomic mass is 9.86. The van der Waals surface area contributed by atoms with Crippen LogP contribution in [0.3, 0.4) is 0 Å². The zero-order valence-electron chi connectivity index (χ0n) is 14.6. The summed E-state index contributed by atoms with van der Waals surface area (Å²) in [5.74, 6) is 0. The van der Waals surface area contributed by atoms with Crippen molar-refractivity contribution in [1.82, 2.24) is 6.15 Å². The third kappa shape index (κ3) is 3.23. The highest BCUT2D eigenvalue weighted by Crippen LogP contribution is 2.43. The van der Waals surface area contributed by atoms with E-state index in [0.717, 1.165) is 16.8 Å². The van der Waals surface area contributed by atoms with Crippen LogP contribution in [-0.4, -0.2) is 0 Å². The molecule has 26 heavy (non-hydrogen) atoms. The summed E-state index contributed by atoms with van der Waals surface area (Å²) in [7, 11) is 0. The van der Waals surface area contributed by atoms with Gasteiger partial charge in [0.05, 0.1) is 0 Å². The zero-order chi connectivity index (χ0) is 17.1. The maximum atomic E-state index is 6.44. The van der Waals surface area contributed by atoms with E-state index in [2.05, 4.69) is 78.9 Å². The number of nitrogen functional groups attached to an aromatic ring is 1. The molecule has 2 heteroatoms. The molecule has 4 aromatic carbocycles. The lowest BCUT2D eigenvalue weighted by Crippen LogP contribution is -1.96. The molecule has 0 saturated carbocycles. The molecule has 128 valence electrons. The molecule has 0 aliphatic carbocycles. The Kier molecular flexibility index (Phi) is 5.16. The number of hydrogen-bond acceptors (Lipinski definition) is 2. The van der Waals surface area contributed by atoms with Gasteiger partial charge in [0.2, 0.25) is 0 Å². The van der Waals surface area contributed by atoms with Crippen molar-refractivity contribution in [2.45, 2.75) is 0 Å². The molecular formula is C24H22N2. The van der Waals surface area contributed by atoms with E-state index >= 15 is 0 Å². The van der Waals surface area contributed by atoms with Gasteiger partial charge in [0.1, 0.15) is 0 Å². The lowest BCUT2D eigenvalue weighted by molar-refractivity contribution is 1.55. The van der Waals surface area contributed by atoms with Crippen LogP contribution in [0, 0.1) is 0 Å². The van der Waals surface area contributed by atoms with Gasteiger partial charge in [-0.15, -0.1) is 0 Å². The van der Waals surface area contributed by atoms with Gasteiger partial charge in [0.15, 0.2) is 0 Å². The second-order valence-corrected chi connectivity index (χ2v) is 6.05. The first-order valence-electron chi connectivity index (χ1n) is 8.43. The van der Waals surface area contributed by atoms with Crippen LogP contribution in [0.2, 0.25) is 0 Å². The van der Waals surface area contributed by atoms with Crippen LogP contribution in [0.15, 0.2) is 103 Å². The predicted molar refractivity (Wildman–Crippen MR) is 112 cm³/mol. The fraction of sp³-hybridized carbons (Fsp3) is 0. The maximum Gasteiger partial charge on any atom is 0.0400 e. The van der Waals surface area contributed by atoms with Crippen LogP contribution < -0.4 is 11.9 Å². The highest BCUT2D eigenvalue weighted by atomic mass is 14.6. The Morgan fingerprint density at radius 1 is 0.423 bits per heavy atom. The smallest absolute Gasteiger partial charge is 0.0400 e. The molecule has 5 N–H and O–H groups in total. The summed E-state index contributed by atoms with van der Waals surface area (Å²) in [5, 5.41) is 0. The number of anilines is 1. The number of nitrogens with two attached hydrogens (primary N) is 1. The van der Waals surface area contributed by atoms with E-state index in [-0.39, 0.29) is 6.15 Å². The van der Waals surface area contributed by atoms with Crippen molar-refractivity contribution in [3.63, 3.8) is 0 Å². The van der Waals surface area contributed by atoms with Gasteiger partial charge in [-0.25, -0.2) is 0 Å². The molecule has 0 amide bonds. The summed E-state index contributed by atoms with van der Waals surface area (Å²) in [5.41, 5.74) is 14.2. The highest BCUT2D eigenvalue weighted by molar-refractivity contribution is 5.99. The maximum absolute atomic E-state index is 6.44. The number of rotatable bonds is 3. The Labute approximate surface area is 154 Å². The standard InChI is InChI=1S/C24H19N.H3N/c25-22-17-16-21(18-10-4-1-5-11-18)23(19-12-6-2-7-13-19)24(22)20-14-8-3-9-15-20;/h1-17H,25H2;1H3. The van der Waals surface area contributed by atoms with E-state index in [4.69, 9.17) is 5.73 Å². The zero-order valence-corrected chi connectivity index (χ0v) is 14.6. The predicted octanol–water partition coefficient (Wildman–Crippen LogP) is 6.43. The third-order valence-corrected chi connectivity index (χ3v) is 4.45. The minimum absolute atomic E-state index is 0. The summed E-state index contributed by atoms with van der Waals surface area (Å²) >= 11 is 0. The van der Waals surface area contributed by atoms with E-state index in [1.54, 1.807) is 0 Å². The SMILES string of the molecule is N.Nc1ccc(-c2ccccc2)c(-c2ccccc2)c1-c1ccccc1. The first kappa shape index (κ1) is 17.5. The largest absolute Gasteiger partial charge is 0.398 e. The van der Waals surface area contributed by atoms with Gasteiger partial charge in [-0.2, -0.15) is 0 Å². The molecule has 0 bridgehead atoms. The van der Waals surface area contributed by atoms with Crippen LogP contribution >= 0.6 is 0 Å². The van der Waals surface area contributed by atoms with E-state index in [1.165, 1.54) is 22.3 Å². The molecule has 2 nitrogen and oxygen atoms in total. The second kappa shape index (κ2) is 7.68. The fourth-order valence-corrected chi connectivity index (χ4v) is 3.30. The first-order valence-corrected chi connectivity index (χ1v) is 8.43. The van der Waals surface area contributed by atoms with Crippen molar-refractivity contribution in [3.05, 3.63) is 103 Å². The van der Waals surface area contributed by atoms with Gasteiger partial charge < -0.3 is 11.9 Å². The third-order valence-electron chi connectivity index (χ3n) is 4.45. The quantitative estimate of drug-likeness (QED) is 0.423. The van der Waals surface area contributed by atoms with Crippen molar-refractivity contribution in [1.29, 1.82) is 0 Å². The van der Waals surface area contributed by atoms with Gasteiger partial charge in [-0.05, 0) is 33.9 Å². The Morgan fingerprint density at radius 3 is 1.35 bits per heavy atom. The Morgan fingerprint density at radius 2 is 0.846 bits per heavy atom. The Hall–Kier alpha value is -3.36. The van der Waals surface area contributed by atoms with E-state index in [1.807, 2.05) is 24.3 Å². The monoisotopic (exact) mass is 338 g/mol. The average Bonchev–Trinajstić information content (AvgIpc) is 2.70. The van der Waals surface area contributed by atoms with Crippen LogP contribution in [0.1, 0.15) is 0 Å². The van der Waals surface area contributed by atoms with E-state index in [0.29, 0.717) is 0 Å². The van der Waals surface area contributed by atoms with Crippen LogP contribution in [0.25, 0.3) is 33.4 Å². The highest BCUT2D eigenvalue weighted by Gasteiger charge is 2.16. The Bertz CT molecular complexity index is 979. The van der Waals surface area contributed by atoms with Crippen molar-refractivity contribution in [2.24, 2.45) is 0 Å². The van der Waals surface area contributed by atoms with Gasteiger partial charge in [-0.3, -0.25) is 0 Å². The van der Waals surface area contributed by atoms with Crippen LogP contribution in [0.4, 0.5) is 5.69 Å². The first-order chi connectivity index (χ1) is 12.3.